The molecule has 1 aliphatic rings. The first-order valence-corrected chi connectivity index (χ1v) is 4.59. The fourth-order valence-corrected chi connectivity index (χ4v) is 1.27. The van der Waals surface area contributed by atoms with Gasteiger partial charge in [-0.25, -0.2) is 9.38 Å². The second-order valence-corrected chi connectivity index (χ2v) is 3.16. The number of guanidine groups is 2. The van der Waals surface area contributed by atoms with Crippen molar-refractivity contribution in [1.29, 1.82) is 0 Å². The van der Waals surface area contributed by atoms with Gasteiger partial charge in [-0.05, 0) is 0 Å². The van der Waals surface area contributed by atoms with E-state index in [9.17, 15) is 4.39 Å². The smallest absolute Gasteiger partial charge is 0.231 e. The molecule has 0 fully saturated rings. The van der Waals surface area contributed by atoms with Gasteiger partial charge in [0.15, 0.2) is 23.3 Å². The Labute approximate surface area is 95.7 Å². The largest absolute Gasteiger partial charge is 0.454 e. The molecule has 90 valence electrons. The highest BCUT2D eigenvalue weighted by Gasteiger charge is 2.17. The van der Waals surface area contributed by atoms with Gasteiger partial charge in [-0.1, -0.05) is 0 Å². The summed E-state index contributed by atoms with van der Waals surface area (Å²) in [6.07, 6.45) is 0. The summed E-state index contributed by atoms with van der Waals surface area (Å²) in [5, 5.41) is 0. The molecule has 8 heteroatoms. The molecule has 2 rings (SSSR count). The van der Waals surface area contributed by atoms with Crippen molar-refractivity contribution in [2.75, 3.05) is 6.79 Å². The van der Waals surface area contributed by atoms with Gasteiger partial charge in [-0.2, -0.15) is 4.99 Å². The highest BCUT2D eigenvalue weighted by molar-refractivity contribution is 5.93. The summed E-state index contributed by atoms with van der Waals surface area (Å²) >= 11 is 0. The average molecular weight is 239 g/mol. The molecule has 6 N–H and O–H groups in total. The quantitative estimate of drug-likeness (QED) is 0.461. The Morgan fingerprint density at radius 1 is 1.18 bits per heavy atom. The predicted molar refractivity (Wildman–Crippen MR) is 59.6 cm³/mol. The van der Waals surface area contributed by atoms with Crippen LogP contribution in [-0.2, 0) is 0 Å². The van der Waals surface area contributed by atoms with E-state index in [1.165, 1.54) is 6.07 Å². The summed E-state index contributed by atoms with van der Waals surface area (Å²) < 4.78 is 23.6. The summed E-state index contributed by atoms with van der Waals surface area (Å²) in [6.45, 7) is 0.0469. The first kappa shape index (κ1) is 11.0. The highest BCUT2D eigenvalue weighted by Crippen LogP contribution is 2.37. The summed E-state index contributed by atoms with van der Waals surface area (Å²) in [5.41, 5.74) is 15.6. The van der Waals surface area contributed by atoms with Gasteiger partial charge < -0.3 is 26.7 Å². The Balaban J connectivity index is 2.37. The summed E-state index contributed by atoms with van der Waals surface area (Å²) in [4.78, 5) is 7.18. The molecule has 0 saturated heterocycles. The minimum Gasteiger partial charge on any atom is -0.454 e. The third-order valence-corrected chi connectivity index (χ3v) is 1.92. The first-order chi connectivity index (χ1) is 8.06. The Kier molecular flexibility index (Phi) is 2.69. The molecule has 7 nitrogen and oxygen atoms in total. The maximum absolute atomic E-state index is 13.5. The summed E-state index contributed by atoms with van der Waals surface area (Å²) in [6, 6.07) is 2.51. The lowest BCUT2D eigenvalue weighted by Gasteiger charge is -2.00. The van der Waals surface area contributed by atoms with Crippen LogP contribution >= 0.6 is 0 Å². The fourth-order valence-electron chi connectivity index (χ4n) is 1.27. The van der Waals surface area contributed by atoms with Crippen molar-refractivity contribution in [2.24, 2.45) is 27.2 Å². The van der Waals surface area contributed by atoms with Crippen molar-refractivity contribution >= 4 is 17.6 Å². The molecule has 1 aromatic carbocycles. The van der Waals surface area contributed by atoms with Crippen molar-refractivity contribution in [3.63, 3.8) is 0 Å². The first-order valence-electron chi connectivity index (χ1n) is 4.59. The van der Waals surface area contributed by atoms with Gasteiger partial charge in [-0.3, -0.25) is 0 Å². The zero-order valence-corrected chi connectivity index (χ0v) is 8.68. The number of benzene rings is 1. The number of rotatable bonds is 1. The van der Waals surface area contributed by atoms with Crippen LogP contribution < -0.4 is 26.7 Å². The van der Waals surface area contributed by atoms with Crippen molar-refractivity contribution in [2.45, 2.75) is 0 Å². The van der Waals surface area contributed by atoms with E-state index in [1.807, 2.05) is 0 Å². The maximum Gasteiger partial charge on any atom is 0.231 e. The van der Waals surface area contributed by atoms with E-state index in [-0.39, 0.29) is 24.4 Å². The molecule has 0 bridgehead atoms. The monoisotopic (exact) mass is 239 g/mol. The molecule has 0 unspecified atom stereocenters. The van der Waals surface area contributed by atoms with Gasteiger partial charge in [0.25, 0.3) is 0 Å². The van der Waals surface area contributed by atoms with Crippen LogP contribution in [0, 0.1) is 5.82 Å². The van der Waals surface area contributed by atoms with Gasteiger partial charge in [0.2, 0.25) is 12.8 Å². The number of aliphatic imine (C=N–C) groups is 2. The Hall–Kier alpha value is -2.51. The zero-order valence-electron chi connectivity index (χ0n) is 8.68. The highest BCUT2D eigenvalue weighted by atomic mass is 19.1. The minimum absolute atomic E-state index is 0.0308. The van der Waals surface area contributed by atoms with Crippen LogP contribution in [0.2, 0.25) is 0 Å². The maximum atomic E-state index is 13.5. The Morgan fingerprint density at radius 2 is 1.82 bits per heavy atom. The van der Waals surface area contributed by atoms with Crippen molar-refractivity contribution < 1.29 is 13.9 Å². The van der Waals surface area contributed by atoms with E-state index in [1.54, 1.807) is 0 Å². The third kappa shape index (κ3) is 2.36. The van der Waals surface area contributed by atoms with Gasteiger partial charge >= 0.3 is 0 Å². The fraction of sp³-hybridized carbons (Fsp3) is 0.111. The topological polar surface area (TPSA) is 121 Å². The zero-order chi connectivity index (χ0) is 12.4. The second kappa shape index (κ2) is 4.16. The Morgan fingerprint density at radius 3 is 2.47 bits per heavy atom. The molecular weight excluding hydrogens is 229 g/mol. The molecule has 0 amide bonds. The number of hydrogen-bond acceptors (Lipinski definition) is 3. The minimum atomic E-state index is -0.608. The molecule has 1 heterocycles. The summed E-state index contributed by atoms with van der Waals surface area (Å²) in [7, 11) is 0. The molecule has 0 saturated carbocycles. The Bertz CT molecular complexity index is 510. The SMILES string of the molecule is NC(N)=NC(N)=Nc1cc2c(cc1F)OCO2. The van der Waals surface area contributed by atoms with Gasteiger partial charge in [0.05, 0.1) is 0 Å². The van der Waals surface area contributed by atoms with Crippen LogP contribution in [0.15, 0.2) is 22.1 Å². The number of fused-ring (bicyclic) bond motifs is 1. The molecule has 17 heavy (non-hydrogen) atoms. The van der Waals surface area contributed by atoms with Crippen LogP contribution in [0.5, 0.6) is 11.5 Å². The van der Waals surface area contributed by atoms with Gasteiger partial charge in [0.1, 0.15) is 5.69 Å². The van der Waals surface area contributed by atoms with E-state index in [0.717, 1.165) is 6.07 Å². The van der Waals surface area contributed by atoms with Crippen molar-refractivity contribution in [3.8, 4) is 11.5 Å². The van der Waals surface area contributed by atoms with Gasteiger partial charge in [0, 0.05) is 12.1 Å². The predicted octanol–water partition coefficient (Wildman–Crippen LogP) is -0.226. The lowest BCUT2D eigenvalue weighted by atomic mass is 10.2. The molecule has 0 aliphatic carbocycles. The van der Waals surface area contributed by atoms with Crippen LogP contribution in [0.1, 0.15) is 0 Å². The van der Waals surface area contributed by atoms with Crippen LogP contribution in [0.25, 0.3) is 0 Å². The number of nitrogens with zero attached hydrogens (tertiary/aromatic N) is 2. The average Bonchev–Trinajstić information content (AvgIpc) is 2.63. The molecule has 0 radical (unpaired) electrons. The molecular formula is C9H10FN5O2. The van der Waals surface area contributed by atoms with E-state index in [4.69, 9.17) is 26.7 Å². The molecule has 1 aliphatic heterocycles. The number of halogens is 1. The van der Waals surface area contributed by atoms with Crippen molar-refractivity contribution in [1.82, 2.24) is 0 Å². The molecule has 1 aromatic rings. The van der Waals surface area contributed by atoms with Crippen molar-refractivity contribution in [3.05, 3.63) is 17.9 Å². The van der Waals surface area contributed by atoms with E-state index >= 15 is 0 Å². The molecule has 0 spiro atoms. The number of nitrogens with two attached hydrogens (primary N) is 3. The van der Waals surface area contributed by atoms with E-state index < -0.39 is 5.82 Å². The van der Waals surface area contributed by atoms with Crippen LogP contribution in [0.4, 0.5) is 10.1 Å². The van der Waals surface area contributed by atoms with E-state index in [0.29, 0.717) is 11.5 Å². The van der Waals surface area contributed by atoms with Crippen LogP contribution in [-0.4, -0.2) is 18.7 Å². The van der Waals surface area contributed by atoms with Crippen LogP contribution in [0.3, 0.4) is 0 Å². The number of hydrogen-bond donors (Lipinski definition) is 3. The van der Waals surface area contributed by atoms with Gasteiger partial charge in [-0.15, -0.1) is 0 Å². The second-order valence-electron chi connectivity index (χ2n) is 3.16. The lowest BCUT2D eigenvalue weighted by Crippen LogP contribution is -2.26. The number of ether oxygens (including phenoxy) is 2. The third-order valence-electron chi connectivity index (χ3n) is 1.92. The summed E-state index contributed by atoms with van der Waals surface area (Å²) in [5.74, 6) is -0.400. The lowest BCUT2D eigenvalue weighted by molar-refractivity contribution is 0.174. The molecule has 0 atom stereocenters. The normalized spacial score (nSPS) is 13.6. The standard InChI is InChI=1S/C9H10FN5O2/c10-4-1-6-7(17-3-16-6)2-5(4)14-9(13)15-8(11)12/h1-2H,3H2,(H6,11,12,13,14,15). The van der Waals surface area contributed by atoms with E-state index in [2.05, 4.69) is 9.98 Å². The molecule has 0 aromatic heterocycles.